The van der Waals surface area contributed by atoms with Crippen LogP contribution in [0.4, 0.5) is 11.4 Å². The van der Waals surface area contributed by atoms with Gasteiger partial charge >= 0.3 is 0 Å². The predicted octanol–water partition coefficient (Wildman–Crippen LogP) is 1.76. The number of carbonyl (C=O) groups excluding carboxylic acids is 1. The van der Waals surface area contributed by atoms with Gasteiger partial charge in [0.1, 0.15) is 12.4 Å². The van der Waals surface area contributed by atoms with Crippen LogP contribution in [0.15, 0.2) is 52.7 Å². The van der Waals surface area contributed by atoms with Gasteiger partial charge in [-0.15, -0.1) is 5.10 Å². The fraction of sp³-hybridized carbons (Fsp3) is 0.211. The van der Waals surface area contributed by atoms with Crippen molar-refractivity contribution in [1.82, 2.24) is 0 Å². The van der Waals surface area contributed by atoms with E-state index in [9.17, 15) is 4.79 Å². The Morgan fingerprint density at radius 3 is 2.52 bits per heavy atom. The number of hydrogen-bond donors (Lipinski definition) is 3. The highest BCUT2D eigenvalue weighted by atomic mass is 16.5. The van der Waals surface area contributed by atoms with Crippen LogP contribution < -0.4 is 26.4 Å². The Balaban J connectivity index is 1.71. The van der Waals surface area contributed by atoms with Crippen LogP contribution in [0.3, 0.4) is 0 Å². The van der Waals surface area contributed by atoms with E-state index in [1.165, 1.54) is 0 Å². The van der Waals surface area contributed by atoms with Crippen LogP contribution in [0.25, 0.3) is 0 Å². The minimum atomic E-state index is -0.201. The van der Waals surface area contributed by atoms with Crippen LogP contribution in [0.5, 0.6) is 5.75 Å². The van der Waals surface area contributed by atoms with E-state index in [0.29, 0.717) is 23.6 Å². The molecule has 0 saturated heterocycles. The molecule has 0 saturated carbocycles. The molecule has 2 aromatic carbocycles. The summed E-state index contributed by atoms with van der Waals surface area (Å²) in [5, 5.41) is 10.4. The third-order valence-corrected chi connectivity index (χ3v) is 4.19. The summed E-state index contributed by atoms with van der Waals surface area (Å²) in [7, 11) is 2.00. The number of nitrogens with zero attached hydrogens (tertiary/aromatic N) is 3. The second-order valence-corrected chi connectivity index (χ2v) is 6.19. The van der Waals surface area contributed by atoms with Gasteiger partial charge in [-0.2, -0.15) is 5.10 Å². The Kier molecular flexibility index (Phi) is 5.25. The molecule has 0 bridgehead atoms. The fourth-order valence-corrected chi connectivity index (χ4v) is 2.69. The molecule has 0 atom stereocenters. The SMILES string of the molecule is C/C(=N\N=C(N)N)c1ccc(NC(=O)c2ccc3c(c2)OCCN3C)cc1. The zero-order valence-corrected chi connectivity index (χ0v) is 15.3. The molecule has 140 valence electrons. The second kappa shape index (κ2) is 7.77. The number of carbonyl (C=O) groups is 1. The number of benzene rings is 2. The molecule has 1 heterocycles. The van der Waals surface area contributed by atoms with Gasteiger partial charge in [-0.3, -0.25) is 4.79 Å². The van der Waals surface area contributed by atoms with Crippen LogP contribution in [-0.4, -0.2) is 37.8 Å². The fourth-order valence-electron chi connectivity index (χ4n) is 2.69. The first kappa shape index (κ1) is 18.2. The summed E-state index contributed by atoms with van der Waals surface area (Å²) in [6.07, 6.45) is 0. The van der Waals surface area contributed by atoms with Crippen molar-refractivity contribution in [2.45, 2.75) is 6.92 Å². The van der Waals surface area contributed by atoms with Gasteiger partial charge < -0.3 is 26.4 Å². The van der Waals surface area contributed by atoms with Crippen LogP contribution in [0, 0.1) is 0 Å². The lowest BCUT2D eigenvalue weighted by atomic mass is 10.1. The molecule has 0 radical (unpaired) electrons. The van der Waals surface area contributed by atoms with Crippen molar-refractivity contribution < 1.29 is 9.53 Å². The zero-order valence-electron chi connectivity index (χ0n) is 15.3. The summed E-state index contributed by atoms with van der Waals surface area (Å²) >= 11 is 0. The zero-order chi connectivity index (χ0) is 19.4. The van der Waals surface area contributed by atoms with Gasteiger partial charge in [0.05, 0.1) is 17.9 Å². The Morgan fingerprint density at radius 1 is 1.11 bits per heavy atom. The maximum absolute atomic E-state index is 12.5. The number of amides is 1. The third-order valence-electron chi connectivity index (χ3n) is 4.19. The third kappa shape index (κ3) is 4.35. The summed E-state index contributed by atoms with van der Waals surface area (Å²) in [5.41, 5.74) is 14.2. The molecule has 0 aromatic heterocycles. The van der Waals surface area contributed by atoms with E-state index in [0.717, 1.165) is 23.5 Å². The van der Waals surface area contributed by atoms with Gasteiger partial charge in [-0.25, -0.2) is 0 Å². The summed E-state index contributed by atoms with van der Waals surface area (Å²) < 4.78 is 5.65. The summed E-state index contributed by atoms with van der Waals surface area (Å²) in [5.74, 6) is 0.421. The van der Waals surface area contributed by atoms with E-state index in [-0.39, 0.29) is 11.9 Å². The van der Waals surface area contributed by atoms with Gasteiger partial charge in [-0.1, -0.05) is 12.1 Å². The van der Waals surface area contributed by atoms with Crippen molar-refractivity contribution in [2.75, 3.05) is 30.4 Å². The Hall–Kier alpha value is -3.55. The van der Waals surface area contributed by atoms with Crippen LogP contribution in [0.1, 0.15) is 22.8 Å². The molecule has 1 amide bonds. The van der Waals surface area contributed by atoms with E-state index in [2.05, 4.69) is 20.4 Å². The molecule has 1 aliphatic rings. The molecule has 3 rings (SSSR count). The first-order valence-corrected chi connectivity index (χ1v) is 8.47. The first-order chi connectivity index (χ1) is 12.9. The lowest BCUT2D eigenvalue weighted by Gasteiger charge is -2.27. The van der Waals surface area contributed by atoms with E-state index in [1.54, 1.807) is 31.2 Å². The van der Waals surface area contributed by atoms with Crippen molar-refractivity contribution in [2.24, 2.45) is 21.7 Å². The van der Waals surface area contributed by atoms with Crippen LogP contribution >= 0.6 is 0 Å². The van der Waals surface area contributed by atoms with Gasteiger partial charge in [0, 0.05) is 18.3 Å². The summed E-state index contributed by atoms with van der Waals surface area (Å²) in [6.45, 7) is 3.23. The molecule has 1 aliphatic heterocycles. The van der Waals surface area contributed by atoms with Crippen molar-refractivity contribution in [3.8, 4) is 5.75 Å². The lowest BCUT2D eigenvalue weighted by molar-refractivity contribution is 0.102. The number of hydrogen-bond acceptors (Lipinski definition) is 5. The van der Waals surface area contributed by atoms with Crippen LogP contribution in [0.2, 0.25) is 0 Å². The highest BCUT2D eigenvalue weighted by Gasteiger charge is 2.17. The molecule has 0 spiro atoms. The van der Waals surface area contributed by atoms with Gasteiger partial charge in [0.15, 0.2) is 0 Å². The molecule has 2 aromatic rings. The van der Waals surface area contributed by atoms with Crippen molar-refractivity contribution in [3.05, 3.63) is 53.6 Å². The standard InChI is InChI=1S/C19H22N6O2/c1-12(23-24-19(20)21)13-3-6-15(7-4-13)22-18(26)14-5-8-16-17(11-14)27-10-9-25(16)2/h3-8,11H,9-10H2,1-2H3,(H,22,26)(H4,20,21,24)/b23-12+. The molecular weight excluding hydrogens is 344 g/mol. The van der Waals surface area contributed by atoms with Crippen molar-refractivity contribution >= 4 is 29.0 Å². The largest absolute Gasteiger partial charge is 0.490 e. The number of anilines is 2. The number of fused-ring (bicyclic) bond motifs is 1. The van der Waals surface area contributed by atoms with Gasteiger partial charge in [-0.05, 0) is 42.8 Å². The van der Waals surface area contributed by atoms with E-state index in [1.807, 2.05) is 25.2 Å². The number of nitrogens with two attached hydrogens (primary N) is 2. The second-order valence-electron chi connectivity index (χ2n) is 6.19. The monoisotopic (exact) mass is 366 g/mol. The Labute approximate surface area is 157 Å². The quantitative estimate of drug-likeness (QED) is 0.433. The van der Waals surface area contributed by atoms with Gasteiger partial charge in [0.2, 0.25) is 5.96 Å². The number of rotatable bonds is 4. The molecule has 0 fully saturated rings. The Morgan fingerprint density at radius 2 is 1.81 bits per heavy atom. The summed E-state index contributed by atoms with van der Waals surface area (Å²) in [6, 6.07) is 12.7. The molecule has 0 aliphatic carbocycles. The molecule has 5 N–H and O–H groups in total. The molecule has 8 nitrogen and oxygen atoms in total. The highest BCUT2D eigenvalue weighted by molar-refractivity contribution is 6.05. The highest BCUT2D eigenvalue weighted by Crippen LogP contribution is 2.31. The lowest BCUT2D eigenvalue weighted by Crippen LogP contribution is -2.29. The van der Waals surface area contributed by atoms with E-state index >= 15 is 0 Å². The topological polar surface area (TPSA) is 118 Å². The van der Waals surface area contributed by atoms with E-state index in [4.69, 9.17) is 16.2 Å². The number of nitrogens with one attached hydrogen (secondary N) is 1. The van der Waals surface area contributed by atoms with Crippen molar-refractivity contribution in [1.29, 1.82) is 0 Å². The minimum Gasteiger partial charge on any atom is -0.490 e. The Bertz CT molecular complexity index is 901. The van der Waals surface area contributed by atoms with Gasteiger partial charge in [0.25, 0.3) is 5.91 Å². The van der Waals surface area contributed by atoms with E-state index < -0.39 is 0 Å². The number of ether oxygens (including phenoxy) is 1. The smallest absolute Gasteiger partial charge is 0.255 e. The average Bonchev–Trinajstić information content (AvgIpc) is 2.66. The minimum absolute atomic E-state index is 0.0987. The average molecular weight is 366 g/mol. The summed E-state index contributed by atoms with van der Waals surface area (Å²) in [4.78, 5) is 14.6. The van der Waals surface area contributed by atoms with Crippen molar-refractivity contribution in [3.63, 3.8) is 0 Å². The maximum Gasteiger partial charge on any atom is 0.255 e. The maximum atomic E-state index is 12.5. The molecule has 8 heteroatoms. The normalized spacial score (nSPS) is 13.4. The predicted molar refractivity (Wildman–Crippen MR) is 108 cm³/mol. The van der Waals surface area contributed by atoms with Crippen LogP contribution in [-0.2, 0) is 0 Å². The molecular formula is C19H22N6O2. The molecule has 0 unspecified atom stereocenters. The first-order valence-electron chi connectivity index (χ1n) is 8.47. The number of likely N-dealkylation sites (N-methyl/N-ethyl adjacent to an activating group) is 1. The number of guanidine groups is 1. The molecule has 27 heavy (non-hydrogen) atoms.